The van der Waals surface area contributed by atoms with Gasteiger partial charge in [0.25, 0.3) is 5.91 Å². The van der Waals surface area contributed by atoms with Crippen LogP contribution in [-0.4, -0.2) is 23.9 Å². The molecule has 0 aromatic heterocycles. The summed E-state index contributed by atoms with van der Waals surface area (Å²) in [6.45, 7) is 1.21. The zero-order valence-electron chi connectivity index (χ0n) is 14.1. The molecule has 1 unspecified atom stereocenters. The zero-order valence-corrected chi connectivity index (χ0v) is 14.1. The summed E-state index contributed by atoms with van der Waals surface area (Å²) >= 11 is 0. The number of carbonyl (C=O) groups is 1. The van der Waals surface area contributed by atoms with E-state index < -0.39 is 34.6 Å². The van der Waals surface area contributed by atoms with Gasteiger partial charge in [-0.3, -0.25) is 4.79 Å². The predicted octanol–water partition coefficient (Wildman–Crippen LogP) is 2.85. The van der Waals surface area contributed by atoms with Gasteiger partial charge in [-0.05, 0) is 43.6 Å². The van der Waals surface area contributed by atoms with Gasteiger partial charge in [-0.25, -0.2) is 4.39 Å². The van der Waals surface area contributed by atoms with Crippen LogP contribution in [-0.2, 0) is 11.0 Å². The SMILES string of the molecule is CC(O)(C[B]c1ccc(F)cc1)C(=O)Nc1ccc(C#N)c(C(F)(F)F)c1. The minimum absolute atomic E-state index is 0.146. The Kier molecular flexibility index (Phi) is 5.91. The molecule has 0 aliphatic rings. The average molecular weight is 377 g/mol. The average Bonchev–Trinajstić information content (AvgIpc) is 2.60. The Morgan fingerprint density at radius 3 is 2.41 bits per heavy atom. The molecular weight excluding hydrogens is 363 g/mol. The lowest BCUT2D eigenvalue weighted by molar-refractivity contribution is -0.137. The van der Waals surface area contributed by atoms with Crippen molar-refractivity contribution in [3.8, 4) is 6.07 Å². The third kappa shape index (κ3) is 5.31. The minimum atomic E-state index is -4.76. The van der Waals surface area contributed by atoms with Crippen LogP contribution in [0.3, 0.4) is 0 Å². The van der Waals surface area contributed by atoms with Crippen molar-refractivity contribution in [3.63, 3.8) is 0 Å². The number of carbonyl (C=O) groups excluding carboxylic acids is 1. The van der Waals surface area contributed by atoms with Gasteiger partial charge in [0.05, 0.1) is 17.2 Å². The Labute approximate surface area is 153 Å². The molecule has 1 amide bonds. The number of alkyl halides is 3. The fourth-order valence-electron chi connectivity index (χ4n) is 2.23. The molecule has 0 fully saturated rings. The van der Waals surface area contributed by atoms with Gasteiger partial charge >= 0.3 is 6.18 Å². The molecule has 0 aliphatic carbocycles. The summed E-state index contributed by atoms with van der Waals surface area (Å²) < 4.78 is 51.8. The minimum Gasteiger partial charge on any atom is -0.381 e. The molecule has 2 N–H and O–H groups in total. The molecule has 0 saturated heterocycles. The van der Waals surface area contributed by atoms with E-state index in [0.29, 0.717) is 11.5 Å². The molecule has 4 nitrogen and oxygen atoms in total. The molecule has 0 heterocycles. The maximum Gasteiger partial charge on any atom is 0.417 e. The summed E-state index contributed by atoms with van der Waals surface area (Å²) in [6, 6.07) is 9.52. The normalized spacial score (nSPS) is 13.4. The number of rotatable bonds is 5. The summed E-state index contributed by atoms with van der Waals surface area (Å²) in [5.41, 5.74) is -3.30. The quantitative estimate of drug-likeness (QED) is 0.622. The van der Waals surface area contributed by atoms with Crippen LogP contribution in [0.2, 0.25) is 6.32 Å². The van der Waals surface area contributed by atoms with Crippen LogP contribution < -0.4 is 10.8 Å². The van der Waals surface area contributed by atoms with Gasteiger partial charge in [0.1, 0.15) is 11.4 Å². The number of hydrogen-bond donors (Lipinski definition) is 2. The van der Waals surface area contributed by atoms with Gasteiger partial charge in [0.15, 0.2) is 7.28 Å². The first kappa shape index (κ1) is 20.5. The fraction of sp³-hybridized carbons (Fsp3) is 0.222. The van der Waals surface area contributed by atoms with Crippen molar-refractivity contribution in [2.75, 3.05) is 5.32 Å². The standard InChI is InChI=1S/C18H14BF4N2O2/c1-17(27,10-19-12-3-5-13(20)6-4-12)16(26)25-14-7-2-11(9-24)15(8-14)18(21,22)23/h2-8,27H,10H2,1H3,(H,25,26). The highest BCUT2D eigenvalue weighted by Crippen LogP contribution is 2.33. The molecule has 1 atom stereocenters. The second-order valence-electron chi connectivity index (χ2n) is 6.06. The number of benzene rings is 2. The first-order chi connectivity index (χ1) is 12.5. The number of amides is 1. The van der Waals surface area contributed by atoms with E-state index in [1.54, 1.807) is 0 Å². The summed E-state index contributed by atoms with van der Waals surface area (Å²) in [6.07, 6.45) is -4.91. The van der Waals surface area contributed by atoms with E-state index in [9.17, 15) is 27.5 Å². The van der Waals surface area contributed by atoms with E-state index in [2.05, 4.69) is 5.32 Å². The lowest BCUT2D eigenvalue weighted by atomic mass is 9.62. The molecule has 0 aliphatic heterocycles. The maximum atomic E-state index is 13.0. The largest absolute Gasteiger partial charge is 0.417 e. The number of anilines is 1. The van der Waals surface area contributed by atoms with Crippen molar-refractivity contribution < 1.29 is 27.5 Å². The second-order valence-corrected chi connectivity index (χ2v) is 6.06. The molecule has 2 aromatic carbocycles. The van der Waals surface area contributed by atoms with Crippen molar-refractivity contribution in [3.05, 3.63) is 59.4 Å². The highest BCUT2D eigenvalue weighted by Gasteiger charge is 2.35. The van der Waals surface area contributed by atoms with Gasteiger partial charge in [0, 0.05) is 5.69 Å². The number of halogens is 4. The number of nitrogens with one attached hydrogen (secondary N) is 1. The van der Waals surface area contributed by atoms with E-state index in [-0.39, 0.29) is 12.0 Å². The van der Waals surface area contributed by atoms with Crippen LogP contribution in [0.5, 0.6) is 0 Å². The monoisotopic (exact) mass is 377 g/mol. The van der Waals surface area contributed by atoms with Gasteiger partial charge in [-0.2, -0.15) is 18.4 Å². The summed E-state index contributed by atoms with van der Waals surface area (Å²) in [5.74, 6) is -1.35. The van der Waals surface area contributed by atoms with E-state index in [0.717, 1.165) is 12.1 Å². The van der Waals surface area contributed by atoms with E-state index in [1.165, 1.54) is 44.5 Å². The molecule has 0 spiro atoms. The first-order valence-electron chi connectivity index (χ1n) is 7.77. The number of nitriles is 1. The number of nitrogens with zero attached hydrogens (tertiary/aromatic N) is 1. The molecule has 1 radical (unpaired) electrons. The lowest BCUT2D eigenvalue weighted by Crippen LogP contribution is -2.42. The van der Waals surface area contributed by atoms with E-state index in [1.807, 2.05) is 0 Å². The highest BCUT2D eigenvalue weighted by atomic mass is 19.4. The Morgan fingerprint density at radius 1 is 1.22 bits per heavy atom. The van der Waals surface area contributed by atoms with Crippen LogP contribution >= 0.6 is 0 Å². The number of hydrogen-bond acceptors (Lipinski definition) is 3. The predicted molar refractivity (Wildman–Crippen MR) is 92.0 cm³/mol. The van der Waals surface area contributed by atoms with Crippen molar-refractivity contribution in [1.82, 2.24) is 0 Å². The smallest absolute Gasteiger partial charge is 0.381 e. The van der Waals surface area contributed by atoms with E-state index in [4.69, 9.17) is 5.26 Å². The summed E-state index contributed by atoms with van der Waals surface area (Å²) in [7, 11) is 1.50. The van der Waals surface area contributed by atoms with E-state index >= 15 is 0 Å². The van der Waals surface area contributed by atoms with Crippen LogP contribution in [0.25, 0.3) is 0 Å². The van der Waals surface area contributed by atoms with Crippen molar-refractivity contribution in [2.24, 2.45) is 0 Å². The third-order valence-electron chi connectivity index (χ3n) is 3.80. The maximum absolute atomic E-state index is 13.0. The van der Waals surface area contributed by atoms with Gasteiger partial charge in [-0.15, -0.1) is 0 Å². The topological polar surface area (TPSA) is 73.1 Å². The number of aliphatic hydroxyl groups is 1. The van der Waals surface area contributed by atoms with Gasteiger partial charge in [0.2, 0.25) is 0 Å². The Hall–Kier alpha value is -2.86. The second kappa shape index (κ2) is 7.80. The van der Waals surface area contributed by atoms with Crippen LogP contribution in [0.15, 0.2) is 42.5 Å². The van der Waals surface area contributed by atoms with Crippen LogP contribution in [0, 0.1) is 17.1 Å². The van der Waals surface area contributed by atoms with Crippen molar-refractivity contribution >= 4 is 24.3 Å². The Morgan fingerprint density at radius 2 is 1.85 bits per heavy atom. The zero-order chi connectivity index (χ0) is 20.2. The molecular formula is C18H14BF4N2O2. The first-order valence-corrected chi connectivity index (χ1v) is 7.77. The van der Waals surface area contributed by atoms with Crippen LogP contribution in [0.1, 0.15) is 18.1 Å². The molecule has 0 bridgehead atoms. The third-order valence-corrected chi connectivity index (χ3v) is 3.80. The fourth-order valence-corrected chi connectivity index (χ4v) is 2.23. The van der Waals surface area contributed by atoms with Crippen molar-refractivity contribution in [2.45, 2.75) is 25.0 Å². The highest BCUT2D eigenvalue weighted by molar-refractivity contribution is 6.54. The molecule has 0 saturated carbocycles. The van der Waals surface area contributed by atoms with Gasteiger partial charge in [-0.1, -0.05) is 17.6 Å². The summed E-state index contributed by atoms with van der Waals surface area (Å²) in [5, 5.41) is 21.3. The lowest BCUT2D eigenvalue weighted by Gasteiger charge is -2.22. The molecule has 9 heteroatoms. The molecule has 139 valence electrons. The molecule has 2 rings (SSSR count). The molecule has 2 aromatic rings. The van der Waals surface area contributed by atoms with Gasteiger partial charge < -0.3 is 10.4 Å². The Balaban J connectivity index is 2.11. The molecule has 27 heavy (non-hydrogen) atoms. The summed E-state index contributed by atoms with van der Waals surface area (Å²) in [4.78, 5) is 12.2. The van der Waals surface area contributed by atoms with Crippen molar-refractivity contribution in [1.29, 1.82) is 5.26 Å². The van der Waals surface area contributed by atoms with Crippen LogP contribution in [0.4, 0.5) is 23.2 Å². The Bertz CT molecular complexity index is 874.